The van der Waals surface area contributed by atoms with Gasteiger partial charge in [-0.2, -0.15) is 0 Å². The second-order valence-corrected chi connectivity index (χ2v) is 10.1. The number of nitrogens with one attached hydrogen (secondary N) is 1. The van der Waals surface area contributed by atoms with Crippen molar-refractivity contribution in [3.8, 4) is 0 Å². The molecule has 4 bridgehead atoms. The number of carbonyl (C=O) groups excluding carboxylic acids is 2. The molecule has 0 heterocycles. The van der Waals surface area contributed by atoms with Crippen LogP contribution in [0.2, 0.25) is 0 Å². The summed E-state index contributed by atoms with van der Waals surface area (Å²) in [4.78, 5) is 25.2. The molecule has 5 heteroatoms. The number of halogens is 1. The van der Waals surface area contributed by atoms with Crippen LogP contribution >= 0.6 is 11.6 Å². The van der Waals surface area contributed by atoms with Crippen molar-refractivity contribution in [2.24, 2.45) is 17.3 Å². The summed E-state index contributed by atoms with van der Waals surface area (Å²) in [5, 5.41) is 3.06. The van der Waals surface area contributed by atoms with Crippen LogP contribution in [0.4, 0.5) is 0 Å². The average Bonchev–Trinajstić information content (AvgIpc) is 2.53. The minimum atomic E-state index is -0.714. The van der Waals surface area contributed by atoms with E-state index in [-0.39, 0.29) is 22.8 Å². The van der Waals surface area contributed by atoms with Crippen LogP contribution < -0.4 is 5.32 Å². The Morgan fingerprint density at radius 2 is 1.72 bits per heavy atom. The molecule has 1 amide bonds. The number of carbonyl (C=O) groups is 2. The Labute approximate surface area is 155 Å². The molecule has 5 aliphatic carbocycles. The summed E-state index contributed by atoms with van der Waals surface area (Å²) in [6, 6.07) is 0.244. The highest BCUT2D eigenvalue weighted by Gasteiger charge is 2.61. The molecular weight excluding hydrogens is 338 g/mol. The predicted molar refractivity (Wildman–Crippen MR) is 96.3 cm³/mol. The lowest BCUT2D eigenvalue weighted by Gasteiger charge is -2.58. The highest BCUT2D eigenvalue weighted by Crippen LogP contribution is 2.64. The zero-order chi connectivity index (χ0) is 17.7. The zero-order valence-corrected chi connectivity index (χ0v) is 15.9. The van der Waals surface area contributed by atoms with Gasteiger partial charge in [0.15, 0.2) is 6.10 Å². The average molecular weight is 368 g/mol. The summed E-state index contributed by atoms with van der Waals surface area (Å²) in [6.07, 6.45) is 10.8. The van der Waals surface area contributed by atoms with Gasteiger partial charge in [0.2, 0.25) is 0 Å². The topological polar surface area (TPSA) is 55.4 Å². The maximum absolute atomic E-state index is 13.0. The Morgan fingerprint density at radius 3 is 2.32 bits per heavy atom. The molecule has 5 aliphatic rings. The first kappa shape index (κ1) is 17.6. The lowest BCUT2D eigenvalue weighted by Crippen LogP contribution is -2.57. The summed E-state index contributed by atoms with van der Waals surface area (Å²) in [5.74, 6) is 0.777. The second kappa shape index (κ2) is 6.44. The van der Waals surface area contributed by atoms with E-state index in [1.54, 1.807) is 6.92 Å². The van der Waals surface area contributed by atoms with Gasteiger partial charge >= 0.3 is 5.97 Å². The number of rotatable bonds is 4. The Kier molecular flexibility index (Phi) is 4.54. The number of hydrogen-bond donors (Lipinski definition) is 1. The number of alkyl halides is 1. The van der Waals surface area contributed by atoms with Gasteiger partial charge in [-0.1, -0.05) is 19.3 Å². The summed E-state index contributed by atoms with van der Waals surface area (Å²) in [6.45, 7) is 1.70. The lowest BCUT2D eigenvalue weighted by molar-refractivity contribution is -0.177. The smallest absolute Gasteiger partial charge is 0.312 e. The van der Waals surface area contributed by atoms with E-state index < -0.39 is 11.5 Å². The third-order valence-electron chi connectivity index (χ3n) is 7.03. The minimum Gasteiger partial charge on any atom is -0.452 e. The van der Waals surface area contributed by atoms with E-state index in [4.69, 9.17) is 16.3 Å². The molecule has 25 heavy (non-hydrogen) atoms. The van der Waals surface area contributed by atoms with Crippen molar-refractivity contribution >= 4 is 23.5 Å². The second-order valence-electron chi connectivity index (χ2n) is 9.28. The fourth-order valence-electron chi connectivity index (χ4n) is 6.29. The van der Waals surface area contributed by atoms with Gasteiger partial charge in [-0.3, -0.25) is 9.59 Å². The normalized spacial score (nSPS) is 41.4. The minimum absolute atomic E-state index is 0.148. The number of hydrogen-bond acceptors (Lipinski definition) is 3. The zero-order valence-electron chi connectivity index (χ0n) is 15.2. The SMILES string of the molecule is C[C@H](OC(=O)C12C[C@@H]3C[C@H](CC(Cl)(C3)C1)C2)C(=O)NC1CCCCC1. The molecule has 0 aromatic carbocycles. The third kappa shape index (κ3) is 3.43. The molecule has 0 spiro atoms. The molecule has 4 nitrogen and oxygen atoms in total. The largest absolute Gasteiger partial charge is 0.452 e. The van der Waals surface area contributed by atoms with Gasteiger partial charge in [0.25, 0.3) is 5.91 Å². The van der Waals surface area contributed by atoms with E-state index in [0.29, 0.717) is 11.8 Å². The maximum Gasteiger partial charge on any atom is 0.312 e. The highest BCUT2D eigenvalue weighted by molar-refractivity contribution is 6.24. The van der Waals surface area contributed by atoms with Crippen LogP contribution in [0.5, 0.6) is 0 Å². The number of ether oxygens (including phenoxy) is 1. The van der Waals surface area contributed by atoms with Crippen LogP contribution in [0.25, 0.3) is 0 Å². The van der Waals surface area contributed by atoms with Gasteiger partial charge in [0.05, 0.1) is 5.41 Å². The summed E-state index contributed by atoms with van der Waals surface area (Å²) >= 11 is 6.81. The molecule has 0 unspecified atom stereocenters. The van der Waals surface area contributed by atoms with Gasteiger partial charge in [0, 0.05) is 10.9 Å². The first-order chi connectivity index (χ1) is 11.9. The molecule has 0 radical (unpaired) electrons. The Morgan fingerprint density at radius 1 is 1.08 bits per heavy atom. The Hall–Kier alpha value is -0.770. The molecule has 1 N–H and O–H groups in total. The monoisotopic (exact) mass is 367 g/mol. The van der Waals surface area contributed by atoms with Crippen LogP contribution in [0.3, 0.4) is 0 Å². The van der Waals surface area contributed by atoms with Gasteiger partial charge in [-0.25, -0.2) is 0 Å². The number of amides is 1. The van der Waals surface area contributed by atoms with Crippen molar-refractivity contribution in [3.63, 3.8) is 0 Å². The molecular formula is C20H30ClNO3. The van der Waals surface area contributed by atoms with Crippen LogP contribution in [-0.2, 0) is 14.3 Å². The molecule has 0 saturated heterocycles. The first-order valence-electron chi connectivity index (χ1n) is 10.1. The van der Waals surface area contributed by atoms with Crippen LogP contribution in [0.1, 0.15) is 77.6 Å². The van der Waals surface area contributed by atoms with Gasteiger partial charge in [0.1, 0.15) is 0 Å². The van der Waals surface area contributed by atoms with Crippen LogP contribution in [0.15, 0.2) is 0 Å². The molecule has 140 valence electrons. The summed E-state index contributed by atoms with van der Waals surface area (Å²) in [5.41, 5.74) is -0.439. The Bertz CT molecular complexity index is 543. The van der Waals surface area contributed by atoms with E-state index in [1.165, 1.54) is 25.7 Å². The number of esters is 1. The first-order valence-corrected chi connectivity index (χ1v) is 10.5. The molecule has 3 atom stereocenters. The predicted octanol–water partition coefficient (Wildman–Crippen LogP) is 3.94. The Balaban J connectivity index is 1.37. The standard InChI is InChI=1S/C20H30ClNO3/c1-13(17(23)22-16-5-3-2-4-6-16)25-18(24)19-8-14-7-15(9-19)11-20(21,10-14)12-19/h13-16H,2-12H2,1H3,(H,22,23)/t13-,14-,15-,19?,20?/m0/s1. The van der Waals surface area contributed by atoms with Crippen molar-refractivity contribution in [2.75, 3.05) is 0 Å². The lowest BCUT2D eigenvalue weighted by atomic mass is 9.49. The van der Waals surface area contributed by atoms with E-state index in [1.807, 2.05) is 0 Å². The molecule has 5 saturated carbocycles. The molecule has 0 aromatic heterocycles. The van der Waals surface area contributed by atoms with Crippen molar-refractivity contribution in [1.82, 2.24) is 5.32 Å². The third-order valence-corrected chi connectivity index (χ3v) is 7.47. The van der Waals surface area contributed by atoms with E-state index in [9.17, 15) is 9.59 Å². The van der Waals surface area contributed by atoms with E-state index in [2.05, 4.69) is 5.32 Å². The van der Waals surface area contributed by atoms with E-state index >= 15 is 0 Å². The van der Waals surface area contributed by atoms with E-state index in [0.717, 1.165) is 44.9 Å². The van der Waals surface area contributed by atoms with Gasteiger partial charge in [-0.15, -0.1) is 11.6 Å². The van der Waals surface area contributed by atoms with Crippen molar-refractivity contribution in [2.45, 2.75) is 94.6 Å². The summed E-state index contributed by atoms with van der Waals surface area (Å²) in [7, 11) is 0. The van der Waals surface area contributed by atoms with Gasteiger partial charge in [-0.05, 0) is 70.1 Å². The van der Waals surface area contributed by atoms with Crippen LogP contribution in [0, 0.1) is 17.3 Å². The highest BCUT2D eigenvalue weighted by atomic mass is 35.5. The quantitative estimate of drug-likeness (QED) is 0.604. The molecule has 5 rings (SSSR count). The summed E-state index contributed by atoms with van der Waals surface area (Å²) < 4.78 is 5.67. The van der Waals surface area contributed by atoms with Crippen molar-refractivity contribution in [1.29, 1.82) is 0 Å². The van der Waals surface area contributed by atoms with Gasteiger partial charge < -0.3 is 10.1 Å². The fraction of sp³-hybridized carbons (Fsp3) is 0.900. The van der Waals surface area contributed by atoms with Crippen molar-refractivity contribution < 1.29 is 14.3 Å². The van der Waals surface area contributed by atoms with Crippen LogP contribution in [-0.4, -0.2) is 28.9 Å². The fourth-order valence-corrected chi connectivity index (χ4v) is 6.99. The molecule has 0 aromatic rings. The maximum atomic E-state index is 13.0. The molecule has 5 fully saturated rings. The van der Waals surface area contributed by atoms with Crippen molar-refractivity contribution in [3.05, 3.63) is 0 Å². The molecule has 0 aliphatic heterocycles.